The van der Waals surface area contributed by atoms with Crippen molar-refractivity contribution in [3.05, 3.63) is 0 Å². The Morgan fingerprint density at radius 3 is 2.33 bits per heavy atom. The summed E-state index contributed by atoms with van der Waals surface area (Å²) in [7, 11) is 4.95. The Kier molecular flexibility index (Phi) is 13.3. The zero-order valence-corrected chi connectivity index (χ0v) is 16.0. The monoisotopic (exact) mass is 360 g/mol. The zero-order chi connectivity index (χ0) is 18.4. The van der Waals surface area contributed by atoms with Crippen molar-refractivity contribution in [2.24, 2.45) is 0 Å². The number of thiol groups is 1. The van der Waals surface area contributed by atoms with Crippen LogP contribution < -0.4 is 16.0 Å². The van der Waals surface area contributed by atoms with Crippen molar-refractivity contribution >= 4 is 30.4 Å². The Morgan fingerprint density at radius 2 is 1.75 bits per heavy atom. The number of hydrogen-bond acceptors (Lipinski definition) is 5. The first-order valence-electron chi connectivity index (χ1n) is 8.47. The van der Waals surface area contributed by atoms with Gasteiger partial charge in [0.05, 0.1) is 6.42 Å². The molecule has 0 aliphatic carbocycles. The molecule has 0 bridgehead atoms. The van der Waals surface area contributed by atoms with E-state index in [4.69, 9.17) is 0 Å². The number of carbonyl (C=O) groups is 3. The molecular weight excluding hydrogens is 328 g/mol. The highest BCUT2D eigenvalue weighted by molar-refractivity contribution is 7.80. The van der Waals surface area contributed by atoms with E-state index in [1.165, 1.54) is 11.9 Å². The standard InChI is InChI=1S/C16H32N4O3S/c1-17-9-7-10-19-16(23)13(12-14(21)18-2)20(3)15(22)8-5-4-6-11-24/h13,17,24H,4-12H2,1-3H3,(H,18,21)(H,19,23)/t13-/m0/s1. The lowest BCUT2D eigenvalue weighted by molar-refractivity contribution is -0.141. The fourth-order valence-electron chi connectivity index (χ4n) is 2.19. The zero-order valence-electron chi connectivity index (χ0n) is 15.1. The second-order valence-corrected chi connectivity index (χ2v) is 6.13. The fourth-order valence-corrected chi connectivity index (χ4v) is 2.42. The number of amides is 3. The number of likely N-dealkylation sites (N-methyl/N-ethyl adjacent to an activating group) is 1. The third kappa shape index (κ3) is 9.77. The molecule has 0 saturated heterocycles. The molecule has 1 atom stereocenters. The van der Waals surface area contributed by atoms with Crippen molar-refractivity contribution in [3.8, 4) is 0 Å². The van der Waals surface area contributed by atoms with E-state index in [1.54, 1.807) is 7.05 Å². The third-order valence-corrected chi connectivity index (χ3v) is 4.09. The highest BCUT2D eigenvalue weighted by Crippen LogP contribution is 2.09. The second-order valence-electron chi connectivity index (χ2n) is 5.68. The quantitative estimate of drug-likeness (QED) is 0.278. The minimum atomic E-state index is -0.781. The van der Waals surface area contributed by atoms with Crippen molar-refractivity contribution in [2.75, 3.05) is 40.0 Å². The largest absolute Gasteiger partial charge is 0.359 e. The van der Waals surface area contributed by atoms with Crippen molar-refractivity contribution < 1.29 is 14.4 Å². The van der Waals surface area contributed by atoms with E-state index in [9.17, 15) is 14.4 Å². The summed E-state index contributed by atoms with van der Waals surface area (Å²) >= 11 is 4.14. The van der Waals surface area contributed by atoms with Gasteiger partial charge in [-0.2, -0.15) is 12.6 Å². The minimum Gasteiger partial charge on any atom is -0.359 e. The average Bonchev–Trinajstić information content (AvgIpc) is 2.59. The topological polar surface area (TPSA) is 90.5 Å². The number of nitrogens with one attached hydrogen (secondary N) is 3. The molecule has 0 rings (SSSR count). The molecule has 0 aromatic rings. The van der Waals surface area contributed by atoms with E-state index < -0.39 is 6.04 Å². The third-order valence-electron chi connectivity index (χ3n) is 3.77. The van der Waals surface area contributed by atoms with Gasteiger partial charge in [-0.05, 0) is 38.6 Å². The van der Waals surface area contributed by atoms with Gasteiger partial charge in [0.25, 0.3) is 0 Å². The van der Waals surface area contributed by atoms with Crippen LogP contribution in [0.4, 0.5) is 0 Å². The van der Waals surface area contributed by atoms with E-state index in [-0.39, 0.29) is 24.1 Å². The van der Waals surface area contributed by atoms with Gasteiger partial charge >= 0.3 is 0 Å². The summed E-state index contributed by atoms with van der Waals surface area (Å²) < 4.78 is 0. The highest BCUT2D eigenvalue weighted by Gasteiger charge is 2.28. The molecule has 3 amide bonds. The maximum atomic E-state index is 12.4. The molecule has 0 saturated carbocycles. The van der Waals surface area contributed by atoms with Crippen molar-refractivity contribution in [2.45, 2.75) is 44.6 Å². The van der Waals surface area contributed by atoms with Crippen LogP contribution in [0, 0.1) is 0 Å². The number of rotatable bonds is 13. The first-order valence-corrected chi connectivity index (χ1v) is 9.10. The second kappa shape index (κ2) is 14.1. The van der Waals surface area contributed by atoms with E-state index in [0.29, 0.717) is 13.0 Å². The normalized spacial score (nSPS) is 11.7. The predicted molar refractivity (Wildman–Crippen MR) is 99.1 cm³/mol. The molecule has 0 heterocycles. The lowest BCUT2D eigenvalue weighted by atomic mass is 10.1. The summed E-state index contributed by atoms with van der Waals surface area (Å²) in [6.45, 7) is 1.30. The van der Waals surface area contributed by atoms with Gasteiger partial charge in [-0.1, -0.05) is 6.42 Å². The molecule has 0 aliphatic heterocycles. The highest BCUT2D eigenvalue weighted by atomic mass is 32.1. The van der Waals surface area contributed by atoms with Crippen LogP contribution in [0.5, 0.6) is 0 Å². The molecule has 0 spiro atoms. The van der Waals surface area contributed by atoms with Crippen LogP contribution in [-0.2, 0) is 14.4 Å². The summed E-state index contributed by atoms with van der Waals surface area (Å²) in [6.07, 6.45) is 3.79. The van der Waals surface area contributed by atoms with Crippen LogP contribution in [0.1, 0.15) is 38.5 Å². The van der Waals surface area contributed by atoms with Crippen molar-refractivity contribution in [3.63, 3.8) is 0 Å². The summed E-state index contributed by atoms with van der Waals surface area (Å²) in [5, 5.41) is 8.30. The first-order chi connectivity index (χ1) is 11.5. The number of carbonyl (C=O) groups excluding carboxylic acids is 3. The lowest BCUT2D eigenvalue weighted by Gasteiger charge is -2.27. The van der Waals surface area contributed by atoms with Gasteiger partial charge in [0.2, 0.25) is 17.7 Å². The Balaban J connectivity index is 4.63. The summed E-state index contributed by atoms with van der Waals surface area (Å²) in [5.74, 6) is 0.132. The SMILES string of the molecule is CNCCCNC(=O)[C@H](CC(=O)NC)N(C)C(=O)CCCCCS. The smallest absolute Gasteiger partial charge is 0.243 e. The molecular formula is C16H32N4O3S. The molecule has 24 heavy (non-hydrogen) atoms. The van der Waals surface area contributed by atoms with Crippen LogP contribution in [0.3, 0.4) is 0 Å². The van der Waals surface area contributed by atoms with Crippen LogP contribution in [0.15, 0.2) is 0 Å². The van der Waals surface area contributed by atoms with E-state index in [2.05, 4.69) is 28.6 Å². The molecule has 3 N–H and O–H groups in total. The summed E-state index contributed by atoms with van der Waals surface area (Å²) in [5.41, 5.74) is 0. The predicted octanol–water partition coefficient (Wildman–Crippen LogP) is 0.165. The van der Waals surface area contributed by atoms with Crippen molar-refractivity contribution in [1.29, 1.82) is 0 Å². The van der Waals surface area contributed by atoms with Gasteiger partial charge < -0.3 is 20.9 Å². The Labute approximate surface area is 150 Å². The Morgan fingerprint density at radius 1 is 1.04 bits per heavy atom. The number of nitrogens with zero attached hydrogens (tertiary/aromatic N) is 1. The van der Waals surface area contributed by atoms with Gasteiger partial charge in [-0.15, -0.1) is 0 Å². The van der Waals surface area contributed by atoms with Crippen LogP contribution in [0.2, 0.25) is 0 Å². The van der Waals surface area contributed by atoms with E-state index >= 15 is 0 Å². The molecule has 0 radical (unpaired) electrons. The molecule has 0 aliphatic rings. The Hall–Kier alpha value is -1.28. The van der Waals surface area contributed by atoms with Gasteiger partial charge in [0.1, 0.15) is 6.04 Å². The van der Waals surface area contributed by atoms with E-state index in [1.807, 2.05) is 7.05 Å². The fraction of sp³-hybridized carbons (Fsp3) is 0.812. The first kappa shape index (κ1) is 22.7. The van der Waals surface area contributed by atoms with Crippen LogP contribution in [-0.4, -0.2) is 68.6 Å². The molecule has 7 nitrogen and oxygen atoms in total. The molecule has 8 heteroatoms. The molecule has 0 unspecified atom stereocenters. The maximum Gasteiger partial charge on any atom is 0.243 e. The molecule has 0 aromatic heterocycles. The van der Waals surface area contributed by atoms with Gasteiger partial charge in [0.15, 0.2) is 0 Å². The number of hydrogen-bond donors (Lipinski definition) is 4. The van der Waals surface area contributed by atoms with Gasteiger partial charge in [-0.25, -0.2) is 0 Å². The maximum absolute atomic E-state index is 12.4. The molecule has 140 valence electrons. The summed E-state index contributed by atoms with van der Waals surface area (Å²) in [6, 6.07) is -0.781. The summed E-state index contributed by atoms with van der Waals surface area (Å²) in [4.78, 5) is 37.7. The van der Waals surface area contributed by atoms with E-state index in [0.717, 1.165) is 38.0 Å². The van der Waals surface area contributed by atoms with Crippen molar-refractivity contribution in [1.82, 2.24) is 20.9 Å². The van der Waals surface area contributed by atoms with Gasteiger partial charge in [-0.3, -0.25) is 14.4 Å². The molecule has 0 fully saturated rings. The minimum absolute atomic E-state index is 0.0345. The van der Waals surface area contributed by atoms with Crippen LogP contribution >= 0.6 is 12.6 Å². The molecule has 0 aromatic carbocycles. The van der Waals surface area contributed by atoms with Gasteiger partial charge in [0, 0.05) is 27.1 Å². The Bertz CT molecular complexity index is 394. The lowest BCUT2D eigenvalue weighted by Crippen LogP contribution is -2.50. The average molecular weight is 361 g/mol. The number of unbranched alkanes of at least 4 members (excludes halogenated alkanes) is 2. The van der Waals surface area contributed by atoms with Crippen LogP contribution in [0.25, 0.3) is 0 Å².